The molecule has 1 aromatic rings. The van der Waals surface area contributed by atoms with Crippen molar-refractivity contribution in [3.8, 4) is 0 Å². The Kier molecular flexibility index (Phi) is 2.04. The van der Waals surface area contributed by atoms with Gasteiger partial charge < -0.3 is 0 Å². The molecule has 0 N–H and O–H groups in total. The second kappa shape index (κ2) is 3.07. The third-order valence-corrected chi connectivity index (χ3v) is 3.08. The molecule has 0 fully saturated rings. The molecule has 0 unspecified atom stereocenters. The van der Waals surface area contributed by atoms with E-state index in [1.807, 2.05) is 11.4 Å². The first kappa shape index (κ1) is 8.63. The van der Waals surface area contributed by atoms with Gasteiger partial charge in [0.15, 0.2) is 5.78 Å². The Labute approximate surface area is 81.3 Å². The van der Waals surface area contributed by atoms with Crippen LogP contribution in [0.2, 0.25) is 0 Å². The third kappa shape index (κ3) is 1.33. The first-order chi connectivity index (χ1) is 6.20. The second-order valence-corrected chi connectivity index (χ2v) is 4.36. The quantitative estimate of drug-likeness (QED) is 0.673. The van der Waals surface area contributed by atoms with Crippen LogP contribution in [-0.2, 0) is 0 Å². The molecule has 13 heavy (non-hydrogen) atoms. The summed E-state index contributed by atoms with van der Waals surface area (Å²) in [6, 6.07) is 1.90. The molecule has 0 spiro atoms. The molecule has 1 aromatic heterocycles. The van der Waals surface area contributed by atoms with Gasteiger partial charge in [-0.3, -0.25) is 9.79 Å². The largest absolute Gasteiger partial charge is 0.292 e. The molecule has 2 nitrogen and oxygen atoms in total. The number of thiophene rings is 1. The summed E-state index contributed by atoms with van der Waals surface area (Å²) in [7, 11) is 0. The summed E-state index contributed by atoms with van der Waals surface area (Å²) in [5.74, 6) is 0.561. The van der Waals surface area contributed by atoms with Gasteiger partial charge in [-0.15, -0.1) is 11.3 Å². The highest BCUT2D eigenvalue weighted by Crippen LogP contribution is 2.25. The van der Waals surface area contributed by atoms with Gasteiger partial charge in [0.2, 0.25) is 0 Å². The maximum atomic E-state index is 11.4. The lowest BCUT2D eigenvalue weighted by atomic mass is 9.99. The van der Waals surface area contributed by atoms with E-state index in [0.717, 1.165) is 16.2 Å². The average Bonchev–Trinajstić information content (AvgIpc) is 2.53. The van der Waals surface area contributed by atoms with Crippen LogP contribution in [0.3, 0.4) is 0 Å². The zero-order valence-electron chi connectivity index (χ0n) is 7.70. The van der Waals surface area contributed by atoms with Crippen LogP contribution < -0.4 is 0 Å². The van der Waals surface area contributed by atoms with E-state index in [9.17, 15) is 4.79 Å². The van der Waals surface area contributed by atoms with Crippen molar-refractivity contribution in [2.45, 2.75) is 13.8 Å². The third-order valence-electron chi connectivity index (χ3n) is 2.14. The number of Topliss-reactive ketones (excluding diaryl/α,β-unsaturated/α-hetero) is 1. The first-order valence-corrected chi connectivity index (χ1v) is 5.23. The van der Waals surface area contributed by atoms with Crippen molar-refractivity contribution in [3.05, 3.63) is 21.9 Å². The predicted octanol–water partition coefficient (Wildman–Crippen LogP) is 2.39. The van der Waals surface area contributed by atoms with Crippen LogP contribution in [0.15, 0.2) is 16.4 Å². The van der Waals surface area contributed by atoms with Gasteiger partial charge in [-0.1, -0.05) is 13.8 Å². The Morgan fingerprint density at radius 2 is 2.31 bits per heavy atom. The summed E-state index contributed by atoms with van der Waals surface area (Å²) in [6.07, 6.45) is 0. The molecule has 2 rings (SSSR count). The normalized spacial score (nSPS) is 15.9. The van der Waals surface area contributed by atoms with E-state index < -0.39 is 0 Å². The summed E-state index contributed by atoms with van der Waals surface area (Å²) in [5, 5.41) is 1.96. The number of hydrogen-bond acceptors (Lipinski definition) is 3. The highest BCUT2D eigenvalue weighted by molar-refractivity contribution is 7.12. The van der Waals surface area contributed by atoms with Crippen molar-refractivity contribution in [1.29, 1.82) is 0 Å². The summed E-state index contributed by atoms with van der Waals surface area (Å²) >= 11 is 1.61. The minimum Gasteiger partial charge on any atom is -0.292 e. The second-order valence-electron chi connectivity index (χ2n) is 3.44. The van der Waals surface area contributed by atoms with E-state index >= 15 is 0 Å². The molecule has 0 aromatic carbocycles. The lowest BCUT2D eigenvalue weighted by Gasteiger charge is -2.14. The Hall–Kier alpha value is -0.960. The summed E-state index contributed by atoms with van der Waals surface area (Å²) in [6.45, 7) is 4.55. The van der Waals surface area contributed by atoms with Gasteiger partial charge in [-0.25, -0.2) is 0 Å². The Bertz CT molecular complexity index is 376. The minimum absolute atomic E-state index is 0.153. The molecule has 0 radical (unpaired) electrons. The van der Waals surface area contributed by atoms with Gasteiger partial charge in [0.05, 0.1) is 10.6 Å². The Morgan fingerprint density at radius 1 is 1.54 bits per heavy atom. The highest BCUT2D eigenvalue weighted by atomic mass is 32.1. The molecule has 0 aliphatic carbocycles. The summed E-state index contributed by atoms with van der Waals surface area (Å²) < 4.78 is 0. The van der Waals surface area contributed by atoms with Gasteiger partial charge in [0.1, 0.15) is 6.54 Å². The van der Waals surface area contributed by atoms with Gasteiger partial charge in [0, 0.05) is 5.56 Å². The number of aliphatic imine (C=N–C) groups is 1. The van der Waals surface area contributed by atoms with Gasteiger partial charge in [-0.2, -0.15) is 0 Å². The number of carbonyl (C=O) groups is 1. The van der Waals surface area contributed by atoms with Crippen LogP contribution in [0.5, 0.6) is 0 Å². The Morgan fingerprint density at radius 3 is 3.00 bits per heavy atom. The van der Waals surface area contributed by atoms with Crippen LogP contribution in [0.1, 0.15) is 29.1 Å². The van der Waals surface area contributed by atoms with Crippen LogP contribution in [-0.4, -0.2) is 18.0 Å². The lowest BCUT2D eigenvalue weighted by molar-refractivity contribution is 0.100. The molecule has 0 amide bonds. The van der Waals surface area contributed by atoms with E-state index in [4.69, 9.17) is 0 Å². The van der Waals surface area contributed by atoms with Gasteiger partial charge >= 0.3 is 0 Å². The van der Waals surface area contributed by atoms with E-state index in [0.29, 0.717) is 12.5 Å². The van der Waals surface area contributed by atoms with Crippen molar-refractivity contribution < 1.29 is 4.79 Å². The molecular formula is C10H11NOS. The zero-order chi connectivity index (χ0) is 9.42. The van der Waals surface area contributed by atoms with Crippen LogP contribution in [0.25, 0.3) is 0 Å². The van der Waals surface area contributed by atoms with Crippen LogP contribution >= 0.6 is 11.3 Å². The number of nitrogens with zero attached hydrogens (tertiary/aromatic N) is 1. The predicted molar refractivity (Wildman–Crippen MR) is 54.9 cm³/mol. The fourth-order valence-electron chi connectivity index (χ4n) is 1.49. The maximum absolute atomic E-state index is 11.4. The van der Waals surface area contributed by atoms with Crippen molar-refractivity contribution in [1.82, 2.24) is 0 Å². The van der Waals surface area contributed by atoms with E-state index in [1.54, 1.807) is 11.3 Å². The highest BCUT2D eigenvalue weighted by Gasteiger charge is 2.22. The number of carbonyl (C=O) groups excluding carboxylic acids is 1. The lowest BCUT2D eigenvalue weighted by Crippen LogP contribution is -2.20. The van der Waals surface area contributed by atoms with Crippen molar-refractivity contribution in [2.75, 3.05) is 6.54 Å². The number of ketones is 1. The maximum Gasteiger partial charge on any atom is 0.185 e. The topological polar surface area (TPSA) is 29.4 Å². The molecule has 1 aliphatic heterocycles. The van der Waals surface area contributed by atoms with Gasteiger partial charge in [-0.05, 0) is 17.4 Å². The van der Waals surface area contributed by atoms with E-state index in [1.165, 1.54) is 0 Å². The monoisotopic (exact) mass is 193 g/mol. The average molecular weight is 193 g/mol. The molecule has 68 valence electrons. The van der Waals surface area contributed by atoms with E-state index in [2.05, 4.69) is 18.8 Å². The summed E-state index contributed by atoms with van der Waals surface area (Å²) in [5.41, 5.74) is 1.95. The zero-order valence-corrected chi connectivity index (χ0v) is 8.52. The SMILES string of the molecule is CC(C)C1=NCC(=O)c2ccsc21. The molecule has 0 bridgehead atoms. The number of hydrogen-bond donors (Lipinski definition) is 0. The number of fused-ring (bicyclic) bond motifs is 1. The minimum atomic E-state index is 0.153. The fraction of sp³-hybridized carbons (Fsp3) is 0.400. The van der Waals surface area contributed by atoms with Crippen molar-refractivity contribution >= 4 is 22.8 Å². The van der Waals surface area contributed by atoms with Crippen LogP contribution in [0.4, 0.5) is 0 Å². The molecule has 0 saturated heterocycles. The molecule has 1 aliphatic rings. The summed E-state index contributed by atoms with van der Waals surface area (Å²) in [4.78, 5) is 16.8. The van der Waals surface area contributed by atoms with Crippen LogP contribution in [0, 0.1) is 5.92 Å². The Balaban J connectivity index is 2.52. The van der Waals surface area contributed by atoms with Gasteiger partial charge in [0.25, 0.3) is 0 Å². The standard InChI is InChI=1S/C10H11NOS/c1-6(2)9-10-7(3-4-13-10)8(12)5-11-9/h3-4,6H,5H2,1-2H3. The molecule has 0 atom stereocenters. The first-order valence-electron chi connectivity index (χ1n) is 4.35. The van der Waals surface area contributed by atoms with E-state index in [-0.39, 0.29) is 5.78 Å². The number of rotatable bonds is 1. The van der Waals surface area contributed by atoms with Crippen molar-refractivity contribution in [3.63, 3.8) is 0 Å². The van der Waals surface area contributed by atoms with Crippen molar-refractivity contribution in [2.24, 2.45) is 10.9 Å². The molecular weight excluding hydrogens is 182 g/mol. The smallest absolute Gasteiger partial charge is 0.185 e. The molecule has 3 heteroatoms. The fourth-order valence-corrected chi connectivity index (χ4v) is 2.56. The molecule has 0 saturated carbocycles. The molecule has 2 heterocycles.